The van der Waals surface area contributed by atoms with Crippen molar-refractivity contribution in [2.45, 2.75) is 39.2 Å². The molecule has 0 aromatic carbocycles. The molecule has 1 atom stereocenters. The molecule has 1 rings (SSSR count). The summed E-state index contributed by atoms with van der Waals surface area (Å²) < 4.78 is 0. The maximum absolute atomic E-state index is 10.5. The summed E-state index contributed by atoms with van der Waals surface area (Å²) in [6, 6.07) is 0.587. The average molecular weight is 285 g/mol. The number of carbonyl (C=O) groups is 1. The summed E-state index contributed by atoms with van der Waals surface area (Å²) in [5.74, 6) is -0.780. The maximum atomic E-state index is 10.5. The van der Waals surface area contributed by atoms with E-state index in [4.69, 9.17) is 5.11 Å². The Morgan fingerprint density at radius 1 is 1.63 bits per heavy atom. The quantitative estimate of drug-likeness (QED) is 0.729. The van der Waals surface area contributed by atoms with E-state index in [-0.39, 0.29) is 6.42 Å². The summed E-state index contributed by atoms with van der Waals surface area (Å²) in [7, 11) is 2.12. The molecular formula is C13H23N3O2S. The highest BCUT2D eigenvalue weighted by Crippen LogP contribution is 2.16. The number of carboxylic acid groups (broad SMARTS) is 1. The molecule has 1 aromatic rings. The van der Waals surface area contributed by atoms with Crippen LogP contribution in [0.5, 0.6) is 0 Å². The van der Waals surface area contributed by atoms with Crippen molar-refractivity contribution in [2.24, 2.45) is 0 Å². The lowest BCUT2D eigenvalue weighted by Gasteiger charge is -2.23. The molecule has 0 amide bonds. The number of aliphatic carboxylic acids is 1. The Morgan fingerprint density at radius 3 is 3.00 bits per heavy atom. The Labute approximate surface area is 118 Å². The van der Waals surface area contributed by atoms with Gasteiger partial charge in [0, 0.05) is 30.9 Å². The molecule has 6 heteroatoms. The van der Waals surface area contributed by atoms with Crippen LogP contribution >= 0.6 is 11.3 Å². The van der Waals surface area contributed by atoms with Crippen LogP contribution in [0.3, 0.4) is 0 Å². The molecule has 1 heterocycles. The number of nitrogens with zero attached hydrogens (tertiary/aromatic N) is 2. The highest BCUT2D eigenvalue weighted by Gasteiger charge is 2.07. The molecule has 0 bridgehead atoms. The van der Waals surface area contributed by atoms with Crippen molar-refractivity contribution in [3.05, 3.63) is 11.1 Å². The second kappa shape index (κ2) is 8.12. The molecule has 2 N–H and O–H groups in total. The number of likely N-dealkylation sites (N-methyl/N-ethyl adjacent to an activating group) is 1. The van der Waals surface area contributed by atoms with Crippen molar-refractivity contribution < 1.29 is 9.90 Å². The molecule has 0 saturated heterocycles. The van der Waals surface area contributed by atoms with Crippen LogP contribution in [0.4, 0.5) is 5.13 Å². The predicted molar refractivity (Wildman–Crippen MR) is 78.9 cm³/mol. The van der Waals surface area contributed by atoms with Gasteiger partial charge in [0.25, 0.3) is 0 Å². The molecule has 1 unspecified atom stereocenters. The van der Waals surface area contributed by atoms with Crippen LogP contribution in [0.1, 0.15) is 32.4 Å². The Kier molecular flexibility index (Phi) is 6.80. The van der Waals surface area contributed by atoms with E-state index in [2.05, 4.69) is 36.1 Å². The number of hydrogen-bond acceptors (Lipinski definition) is 5. The van der Waals surface area contributed by atoms with E-state index in [1.54, 1.807) is 0 Å². The minimum absolute atomic E-state index is 0.139. The van der Waals surface area contributed by atoms with Gasteiger partial charge in [-0.3, -0.25) is 4.79 Å². The van der Waals surface area contributed by atoms with E-state index in [0.29, 0.717) is 12.5 Å². The van der Waals surface area contributed by atoms with Gasteiger partial charge in [0.1, 0.15) is 0 Å². The molecule has 5 nitrogen and oxygen atoms in total. The molecule has 0 aliphatic rings. The summed E-state index contributed by atoms with van der Waals surface area (Å²) >= 11 is 1.53. The fourth-order valence-electron chi connectivity index (χ4n) is 1.61. The molecule has 108 valence electrons. The smallest absolute Gasteiger partial charge is 0.303 e. The summed E-state index contributed by atoms with van der Waals surface area (Å²) in [4.78, 5) is 17.2. The minimum Gasteiger partial charge on any atom is -0.481 e. The van der Waals surface area contributed by atoms with E-state index >= 15 is 0 Å². The van der Waals surface area contributed by atoms with Gasteiger partial charge in [0.15, 0.2) is 5.13 Å². The second-order valence-corrected chi connectivity index (χ2v) is 5.56. The van der Waals surface area contributed by atoms with Crippen molar-refractivity contribution in [1.82, 2.24) is 9.88 Å². The molecule has 0 spiro atoms. The van der Waals surface area contributed by atoms with Gasteiger partial charge < -0.3 is 15.3 Å². The Bertz CT molecular complexity index is 395. The third kappa shape index (κ3) is 6.02. The lowest BCUT2D eigenvalue weighted by Crippen LogP contribution is -2.32. The van der Waals surface area contributed by atoms with Crippen LogP contribution in [0, 0.1) is 0 Å². The van der Waals surface area contributed by atoms with Gasteiger partial charge in [-0.25, -0.2) is 4.98 Å². The number of thiazole rings is 1. The summed E-state index contributed by atoms with van der Waals surface area (Å²) in [5.41, 5.74) is 0.852. The van der Waals surface area contributed by atoms with Crippen LogP contribution < -0.4 is 5.32 Å². The Balaban J connectivity index is 2.28. The minimum atomic E-state index is -0.780. The van der Waals surface area contributed by atoms with Crippen LogP contribution in [-0.4, -0.2) is 47.1 Å². The number of anilines is 1. The molecule has 0 aliphatic carbocycles. The third-order valence-corrected chi connectivity index (χ3v) is 4.08. The average Bonchev–Trinajstić information content (AvgIpc) is 2.83. The molecule has 0 radical (unpaired) electrons. The van der Waals surface area contributed by atoms with Gasteiger partial charge in [-0.1, -0.05) is 6.92 Å². The fourth-order valence-corrected chi connectivity index (χ4v) is 2.38. The monoisotopic (exact) mass is 285 g/mol. The first-order valence-corrected chi connectivity index (χ1v) is 7.51. The number of aromatic nitrogens is 1. The van der Waals surface area contributed by atoms with Crippen LogP contribution in [0.2, 0.25) is 0 Å². The first-order chi connectivity index (χ1) is 9.02. The van der Waals surface area contributed by atoms with Gasteiger partial charge >= 0.3 is 5.97 Å². The van der Waals surface area contributed by atoms with E-state index in [9.17, 15) is 4.79 Å². The van der Waals surface area contributed by atoms with Crippen LogP contribution in [0.15, 0.2) is 5.38 Å². The van der Waals surface area contributed by atoms with E-state index in [0.717, 1.165) is 30.3 Å². The van der Waals surface area contributed by atoms with Crippen molar-refractivity contribution in [1.29, 1.82) is 0 Å². The SMILES string of the molecule is CCC(C)N(C)CCNc1nc(CCC(=O)O)cs1. The van der Waals surface area contributed by atoms with E-state index < -0.39 is 5.97 Å². The van der Waals surface area contributed by atoms with E-state index in [1.807, 2.05) is 5.38 Å². The number of aryl methyl sites for hydroxylation is 1. The van der Waals surface area contributed by atoms with Gasteiger partial charge in [-0.05, 0) is 20.4 Å². The molecular weight excluding hydrogens is 262 g/mol. The van der Waals surface area contributed by atoms with Crippen LogP contribution in [-0.2, 0) is 11.2 Å². The van der Waals surface area contributed by atoms with E-state index in [1.165, 1.54) is 11.3 Å². The first kappa shape index (κ1) is 15.9. The van der Waals surface area contributed by atoms with Crippen molar-refractivity contribution >= 4 is 22.4 Å². The summed E-state index contributed by atoms with van der Waals surface area (Å²) in [5, 5.41) is 14.7. The molecule has 1 aromatic heterocycles. The zero-order chi connectivity index (χ0) is 14.3. The first-order valence-electron chi connectivity index (χ1n) is 6.63. The van der Waals surface area contributed by atoms with Gasteiger partial charge in [0.05, 0.1) is 12.1 Å². The summed E-state index contributed by atoms with van der Waals surface area (Å²) in [6.45, 7) is 6.23. The summed E-state index contributed by atoms with van der Waals surface area (Å²) in [6.07, 6.45) is 1.79. The number of nitrogens with one attached hydrogen (secondary N) is 1. The van der Waals surface area contributed by atoms with Crippen molar-refractivity contribution in [3.8, 4) is 0 Å². The lowest BCUT2D eigenvalue weighted by atomic mass is 10.2. The Hall–Kier alpha value is -1.14. The van der Waals surface area contributed by atoms with Crippen molar-refractivity contribution in [3.63, 3.8) is 0 Å². The lowest BCUT2D eigenvalue weighted by molar-refractivity contribution is -0.136. The van der Waals surface area contributed by atoms with Crippen LogP contribution in [0.25, 0.3) is 0 Å². The number of carboxylic acids is 1. The number of rotatable bonds is 9. The van der Waals surface area contributed by atoms with Gasteiger partial charge in [0.2, 0.25) is 0 Å². The zero-order valence-electron chi connectivity index (χ0n) is 11.8. The third-order valence-electron chi connectivity index (χ3n) is 3.23. The van der Waals surface area contributed by atoms with Gasteiger partial charge in [-0.15, -0.1) is 11.3 Å². The fraction of sp³-hybridized carbons (Fsp3) is 0.692. The highest BCUT2D eigenvalue weighted by molar-refractivity contribution is 7.13. The maximum Gasteiger partial charge on any atom is 0.303 e. The van der Waals surface area contributed by atoms with Gasteiger partial charge in [-0.2, -0.15) is 0 Å². The second-order valence-electron chi connectivity index (χ2n) is 4.70. The highest BCUT2D eigenvalue weighted by atomic mass is 32.1. The largest absolute Gasteiger partial charge is 0.481 e. The zero-order valence-corrected chi connectivity index (χ0v) is 12.7. The molecule has 0 aliphatic heterocycles. The molecule has 0 saturated carbocycles. The normalized spacial score (nSPS) is 12.6. The standard InChI is InChI=1S/C13H23N3O2S/c1-4-10(2)16(3)8-7-14-13-15-11(9-19-13)5-6-12(17)18/h9-10H,4-8H2,1-3H3,(H,14,15)(H,17,18). The number of hydrogen-bond donors (Lipinski definition) is 2. The van der Waals surface area contributed by atoms with Crippen molar-refractivity contribution in [2.75, 3.05) is 25.5 Å². The topological polar surface area (TPSA) is 65.5 Å². The molecule has 19 heavy (non-hydrogen) atoms. The molecule has 0 fully saturated rings. The Morgan fingerprint density at radius 2 is 2.37 bits per heavy atom. The predicted octanol–water partition coefficient (Wildman–Crippen LogP) is 2.30.